The largest absolute Gasteiger partial charge is 0.506 e. The van der Waals surface area contributed by atoms with Crippen LogP contribution < -0.4 is 0 Å². The van der Waals surface area contributed by atoms with E-state index in [1.807, 2.05) is 6.07 Å². The van der Waals surface area contributed by atoms with E-state index in [2.05, 4.69) is 42.9 Å². The predicted molar refractivity (Wildman–Crippen MR) is 81.2 cm³/mol. The van der Waals surface area contributed by atoms with Crippen molar-refractivity contribution in [2.45, 2.75) is 0 Å². The molecule has 94 valence electrons. The highest BCUT2D eigenvalue weighted by Gasteiger charge is 2.07. The van der Waals surface area contributed by atoms with Crippen molar-refractivity contribution in [3.8, 4) is 11.8 Å². The summed E-state index contributed by atoms with van der Waals surface area (Å²) in [5, 5.41) is 18.9. The van der Waals surface area contributed by atoms with Gasteiger partial charge in [-0.2, -0.15) is 5.26 Å². The number of aromatic hydroxyl groups is 1. The number of allylic oxidation sites excluding steroid dienone is 1. The summed E-state index contributed by atoms with van der Waals surface area (Å²) in [5.41, 5.74) is 1.87. The number of rotatable bonds is 2. The number of aromatic nitrogens is 1. The van der Waals surface area contributed by atoms with E-state index < -0.39 is 0 Å². The first kappa shape index (κ1) is 13.8. The molecule has 0 spiro atoms. The Balaban J connectivity index is 2.48. The van der Waals surface area contributed by atoms with Crippen LogP contribution in [0.1, 0.15) is 11.3 Å². The molecule has 0 unspecified atom stereocenters. The third kappa shape index (κ3) is 3.22. The molecule has 0 amide bonds. The number of hydrogen-bond acceptors (Lipinski definition) is 3. The molecule has 0 bridgehead atoms. The maximum atomic E-state index is 9.65. The summed E-state index contributed by atoms with van der Waals surface area (Å²) >= 11 is 6.51. The average Bonchev–Trinajstić information content (AvgIpc) is 2.43. The van der Waals surface area contributed by atoms with Crippen LogP contribution in [0.25, 0.3) is 11.6 Å². The van der Waals surface area contributed by atoms with Crippen molar-refractivity contribution in [1.29, 1.82) is 5.26 Å². The second-order valence-corrected chi connectivity index (χ2v) is 5.43. The summed E-state index contributed by atoms with van der Waals surface area (Å²) in [4.78, 5) is 4.14. The molecule has 2 rings (SSSR count). The monoisotopic (exact) mass is 378 g/mol. The van der Waals surface area contributed by atoms with E-state index in [-0.39, 0.29) is 5.75 Å². The number of hydrogen-bond donors (Lipinski definition) is 1. The van der Waals surface area contributed by atoms with Crippen molar-refractivity contribution in [1.82, 2.24) is 4.98 Å². The van der Waals surface area contributed by atoms with E-state index in [1.165, 1.54) is 0 Å². The molecule has 1 aromatic carbocycles. The van der Waals surface area contributed by atoms with Gasteiger partial charge >= 0.3 is 0 Å². The topological polar surface area (TPSA) is 56.9 Å². The number of pyridine rings is 1. The molecule has 1 heterocycles. The van der Waals surface area contributed by atoms with Crippen LogP contribution in [0.4, 0.5) is 0 Å². The zero-order chi connectivity index (χ0) is 13.8. The van der Waals surface area contributed by atoms with Crippen LogP contribution in [-0.2, 0) is 0 Å². The lowest BCUT2D eigenvalue weighted by molar-refractivity contribution is 0.468. The fourth-order valence-electron chi connectivity index (χ4n) is 1.52. The number of nitrogens with zero attached hydrogens (tertiary/aromatic N) is 2. The van der Waals surface area contributed by atoms with Gasteiger partial charge in [-0.25, -0.2) is 0 Å². The standard InChI is InChI=1S/C14H8Br2N2O/c15-11-6-9(7-12(16)14(11)19)5-10(8-17)13-3-1-2-4-18-13/h1-7,19H/b10-5-. The van der Waals surface area contributed by atoms with Crippen LogP contribution >= 0.6 is 31.9 Å². The van der Waals surface area contributed by atoms with Gasteiger partial charge in [0.1, 0.15) is 11.8 Å². The van der Waals surface area contributed by atoms with E-state index in [1.54, 1.807) is 36.5 Å². The Morgan fingerprint density at radius 1 is 1.26 bits per heavy atom. The minimum Gasteiger partial charge on any atom is -0.506 e. The Morgan fingerprint density at radius 2 is 1.95 bits per heavy atom. The molecule has 0 aliphatic rings. The highest BCUT2D eigenvalue weighted by molar-refractivity contribution is 9.11. The van der Waals surface area contributed by atoms with Crippen LogP contribution in [0.15, 0.2) is 45.5 Å². The van der Waals surface area contributed by atoms with Crippen molar-refractivity contribution in [3.05, 3.63) is 56.7 Å². The quantitative estimate of drug-likeness (QED) is 0.788. The normalized spacial score (nSPS) is 11.1. The number of benzene rings is 1. The van der Waals surface area contributed by atoms with Crippen molar-refractivity contribution >= 4 is 43.5 Å². The van der Waals surface area contributed by atoms with Crippen molar-refractivity contribution in [2.75, 3.05) is 0 Å². The molecular weight excluding hydrogens is 372 g/mol. The summed E-state index contributed by atoms with van der Waals surface area (Å²) in [7, 11) is 0. The summed E-state index contributed by atoms with van der Waals surface area (Å²) in [6, 6.07) is 11.0. The molecule has 0 aliphatic heterocycles. The van der Waals surface area contributed by atoms with E-state index in [0.717, 1.165) is 5.56 Å². The molecule has 0 atom stereocenters. The zero-order valence-electron chi connectivity index (χ0n) is 9.64. The van der Waals surface area contributed by atoms with Gasteiger partial charge in [0.25, 0.3) is 0 Å². The molecule has 0 aliphatic carbocycles. The lowest BCUT2D eigenvalue weighted by Crippen LogP contribution is -1.86. The molecule has 0 radical (unpaired) electrons. The molecule has 3 nitrogen and oxygen atoms in total. The molecular formula is C14H8Br2N2O. The van der Waals surface area contributed by atoms with Gasteiger partial charge in [0, 0.05) is 6.20 Å². The Kier molecular flexibility index (Phi) is 4.35. The molecule has 0 fully saturated rings. The molecule has 0 saturated heterocycles. The number of halogens is 2. The van der Waals surface area contributed by atoms with Crippen molar-refractivity contribution in [2.24, 2.45) is 0 Å². The first-order valence-electron chi connectivity index (χ1n) is 5.33. The molecule has 1 aromatic heterocycles. The van der Waals surface area contributed by atoms with E-state index >= 15 is 0 Å². The van der Waals surface area contributed by atoms with E-state index in [4.69, 9.17) is 0 Å². The van der Waals surface area contributed by atoms with Gasteiger partial charge in [0.15, 0.2) is 0 Å². The Hall–Kier alpha value is -1.64. The molecule has 0 saturated carbocycles. The number of phenols is 1. The second-order valence-electron chi connectivity index (χ2n) is 3.72. The minimum atomic E-state index is 0.133. The van der Waals surface area contributed by atoms with Crippen molar-refractivity contribution < 1.29 is 5.11 Å². The summed E-state index contributed by atoms with van der Waals surface area (Å²) < 4.78 is 1.12. The smallest absolute Gasteiger partial charge is 0.143 e. The van der Waals surface area contributed by atoms with Crippen LogP contribution in [0.5, 0.6) is 5.75 Å². The van der Waals surface area contributed by atoms with Crippen LogP contribution in [-0.4, -0.2) is 10.1 Å². The fraction of sp³-hybridized carbons (Fsp3) is 0. The lowest BCUT2D eigenvalue weighted by Gasteiger charge is -2.03. The fourth-order valence-corrected chi connectivity index (χ4v) is 2.74. The zero-order valence-corrected chi connectivity index (χ0v) is 12.8. The highest BCUT2D eigenvalue weighted by atomic mass is 79.9. The van der Waals surface area contributed by atoms with Gasteiger partial charge in [-0.1, -0.05) is 6.07 Å². The van der Waals surface area contributed by atoms with Gasteiger partial charge in [-0.05, 0) is 67.8 Å². The third-order valence-electron chi connectivity index (χ3n) is 2.41. The maximum absolute atomic E-state index is 9.65. The van der Waals surface area contributed by atoms with Gasteiger partial charge in [0.05, 0.1) is 20.2 Å². The predicted octanol–water partition coefficient (Wildman–Crippen LogP) is 4.38. The number of nitriles is 1. The molecule has 5 heteroatoms. The van der Waals surface area contributed by atoms with Gasteiger partial charge in [0.2, 0.25) is 0 Å². The average molecular weight is 380 g/mol. The summed E-state index contributed by atoms with van der Waals surface area (Å²) in [5.74, 6) is 0.133. The van der Waals surface area contributed by atoms with E-state index in [9.17, 15) is 10.4 Å². The highest BCUT2D eigenvalue weighted by Crippen LogP contribution is 2.34. The maximum Gasteiger partial charge on any atom is 0.143 e. The lowest BCUT2D eigenvalue weighted by atomic mass is 10.1. The van der Waals surface area contributed by atoms with E-state index in [0.29, 0.717) is 20.2 Å². The second kappa shape index (κ2) is 6.00. The first-order valence-corrected chi connectivity index (χ1v) is 6.91. The van der Waals surface area contributed by atoms with Gasteiger partial charge < -0.3 is 5.11 Å². The summed E-state index contributed by atoms with van der Waals surface area (Å²) in [6.45, 7) is 0. The Morgan fingerprint density at radius 3 is 2.47 bits per heavy atom. The van der Waals surface area contributed by atoms with Crippen LogP contribution in [0.3, 0.4) is 0 Å². The minimum absolute atomic E-state index is 0.133. The molecule has 19 heavy (non-hydrogen) atoms. The SMILES string of the molecule is N#C/C(=C/c1cc(Br)c(O)c(Br)c1)c1ccccn1. The molecule has 1 N–H and O–H groups in total. The number of phenolic OH excluding ortho intramolecular Hbond substituents is 1. The first-order chi connectivity index (χ1) is 9.11. The van der Waals surface area contributed by atoms with Gasteiger partial charge in [-0.15, -0.1) is 0 Å². The van der Waals surface area contributed by atoms with Crippen LogP contribution in [0, 0.1) is 11.3 Å². The third-order valence-corrected chi connectivity index (χ3v) is 3.62. The Labute approximate surface area is 127 Å². The Bertz CT molecular complexity index is 653. The molecule has 2 aromatic rings. The van der Waals surface area contributed by atoms with Crippen LogP contribution in [0.2, 0.25) is 0 Å². The van der Waals surface area contributed by atoms with Crippen molar-refractivity contribution in [3.63, 3.8) is 0 Å². The summed E-state index contributed by atoms with van der Waals surface area (Å²) in [6.07, 6.45) is 3.36. The van der Waals surface area contributed by atoms with Gasteiger partial charge in [-0.3, -0.25) is 4.98 Å².